The fourth-order valence-electron chi connectivity index (χ4n) is 2.23. The topological polar surface area (TPSA) is 83.7 Å². The quantitative estimate of drug-likeness (QED) is 0.806. The fourth-order valence-corrected chi connectivity index (χ4v) is 3.72. The van der Waals surface area contributed by atoms with Gasteiger partial charge in [-0.15, -0.1) is 0 Å². The molecule has 7 heteroatoms. The van der Waals surface area contributed by atoms with E-state index in [1.54, 1.807) is 4.90 Å². The molecule has 21 heavy (non-hydrogen) atoms. The van der Waals surface area contributed by atoms with Gasteiger partial charge in [0.25, 0.3) is 0 Å². The van der Waals surface area contributed by atoms with Crippen molar-refractivity contribution < 1.29 is 13.2 Å². The Labute approximate surface area is 128 Å². The van der Waals surface area contributed by atoms with Crippen molar-refractivity contribution >= 4 is 15.9 Å². The van der Waals surface area contributed by atoms with E-state index in [0.717, 1.165) is 0 Å². The van der Waals surface area contributed by atoms with Crippen molar-refractivity contribution in [3.8, 4) is 0 Å². The summed E-state index contributed by atoms with van der Waals surface area (Å²) in [7, 11) is -3.16. The standard InChI is InChI=1S/C14H29N3O3S/c1-5-10-21(19,20)17-8-6-16(7-9-17)13(18)11-12(15)14(2,3)4/h12H,5-11,15H2,1-4H3. The normalized spacial score (nSPS) is 19.6. The zero-order chi connectivity index (χ0) is 16.3. The number of rotatable bonds is 5. The van der Waals surface area contributed by atoms with Gasteiger partial charge in [-0.1, -0.05) is 27.7 Å². The summed E-state index contributed by atoms with van der Waals surface area (Å²) in [5.74, 6) is 0.195. The van der Waals surface area contributed by atoms with E-state index in [9.17, 15) is 13.2 Å². The van der Waals surface area contributed by atoms with Crippen LogP contribution >= 0.6 is 0 Å². The van der Waals surface area contributed by atoms with Crippen LogP contribution in [0.25, 0.3) is 0 Å². The Morgan fingerprint density at radius 2 is 1.71 bits per heavy atom. The van der Waals surface area contributed by atoms with E-state index in [2.05, 4.69) is 0 Å². The predicted octanol–water partition coefficient (Wildman–Crippen LogP) is 0.634. The second-order valence-corrected chi connectivity index (χ2v) is 8.86. The summed E-state index contributed by atoms with van der Waals surface area (Å²) in [6.45, 7) is 9.58. The smallest absolute Gasteiger partial charge is 0.224 e. The third kappa shape index (κ3) is 5.23. The second kappa shape index (κ2) is 7.07. The maximum atomic E-state index is 12.2. The number of sulfonamides is 1. The summed E-state index contributed by atoms with van der Waals surface area (Å²) in [6, 6.07) is -0.188. The lowest BCUT2D eigenvalue weighted by Gasteiger charge is -2.35. The molecular weight excluding hydrogens is 290 g/mol. The highest BCUT2D eigenvalue weighted by Gasteiger charge is 2.30. The first-order chi connectivity index (χ1) is 9.58. The molecule has 1 unspecified atom stereocenters. The molecule has 2 N–H and O–H groups in total. The van der Waals surface area contributed by atoms with Gasteiger partial charge in [0.05, 0.1) is 5.75 Å². The van der Waals surface area contributed by atoms with E-state index in [0.29, 0.717) is 39.0 Å². The molecule has 1 heterocycles. The van der Waals surface area contributed by atoms with E-state index < -0.39 is 10.0 Å². The molecule has 0 radical (unpaired) electrons. The van der Waals surface area contributed by atoms with Crippen LogP contribution in [0.2, 0.25) is 0 Å². The van der Waals surface area contributed by atoms with E-state index in [1.165, 1.54) is 4.31 Å². The Kier molecular flexibility index (Phi) is 6.19. The predicted molar refractivity (Wildman–Crippen MR) is 84.3 cm³/mol. The number of hydrogen-bond acceptors (Lipinski definition) is 4. The van der Waals surface area contributed by atoms with E-state index in [4.69, 9.17) is 5.73 Å². The molecule has 1 aliphatic rings. The lowest BCUT2D eigenvalue weighted by atomic mass is 9.85. The van der Waals surface area contributed by atoms with Gasteiger partial charge in [0.2, 0.25) is 15.9 Å². The second-order valence-electron chi connectivity index (χ2n) is 6.77. The molecule has 0 aromatic heterocycles. The first-order valence-electron chi connectivity index (χ1n) is 7.59. The molecule has 0 aliphatic carbocycles. The van der Waals surface area contributed by atoms with Crippen molar-refractivity contribution in [1.82, 2.24) is 9.21 Å². The minimum Gasteiger partial charge on any atom is -0.340 e. The Bertz CT molecular complexity index is 449. The SMILES string of the molecule is CCCS(=O)(=O)N1CCN(C(=O)CC(N)C(C)(C)C)CC1. The summed E-state index contributed by atoms with van der Waals surface area (Å²) < 4.78 is 25.4. The van der Waals surface area contributed by atoms with Crippen molar-refractivity contribution in [1.29, 1.82) is 0 Å². The molecule has 1 fully saturated rings. The Morgan fingerprint density at radius 3 is 2.14 bits per heavy atom. The first kappa shape index (κ1) is 18.4. The van der Waals surface area contributed by atoms with Crippen molar-refractivity contribution in [2.45, 2.75) is 46.6 Å². The van der Waals surface area contributed by atoms with Gasteiger partial charge < -0.3 is 10.6 Å². The molecule has 0 aromatic rings. The van der Waals surface area contributed by atoms with Crippen LogP contribution in [0.3, 0.4) is 0 Å². The molecule has 0 spiro atoms. The van der Waals surface area contributed by atoms with Crippen molar-refractivity contribution in [3.63, 3.8) is 0 Å². The fraction of sp³-hybridized carbons (Fsp3) is 0.929. The molecule has 124 valence electrons. The van der Waals surface area contributed by atoms with Crippen molar-refractivity contribution in [2.24, 2.45) is 11.1 Å². The lowest BCUT2D eigenvalue weighted by Crippen LogP contribution is -2.52. The highest BCUT2D eigenvalue weighted by molar-refractivity contribution is 7.89. The molecule has 1 atom stereocenters. The van der Waals surface area contributed by atoms with Gasteiger partial charge in [-0.2, -0.15) is 4.31 Å². The molecule has 0 bridgehead atoms. The van der Waals surface area contributed by atoms with Gasteiger partial charge in [0, 0.05) is 38.6 Å². The van der Waals surface area contributed by atoms with Crippen LogP contribution in [0.15, 0.2) is 0 Å². The van der Waals surface area contributed by atoms with E-state index in [-0.39, 0.29) is 23.1 Å². The Balaban J connectivity index is 2.52. The third-order valence-corrected chi connectivity index (χ3v) is 6.03. The molecule has 0 saturated carbocycles. The van der Waals surface area contributed by atoms with Crippen LogP contribution in [-0.4, -0.2) is 61.5 Å². The number of amides is 1. The summed E-state index contributed by atoms with van der Waals surface area (Å²) in [6.07, 6.45) is 0.924. The van der Waals surface area contributed by atoms with E-state index in [1.807, 2.05) is 27.7 Å². The van der Waals surface area contributed by atoms with Gasteiger partial charge in [-0.25, -0.2) is 8.42 Å². The van der Waals surface area contributed by atoms with Gasteiger partial charge in [-0.05, 0) is 11.8 Å². The minimum absolute atomic E-state index is 0.0185. The molecule has 1 saturated heterocycles. The van der Waals surface area contributed by atoms with E-state index >= 15 is 0 Å². The highest BCUT2D eigenvalue weighted by Crippen LogP contribution is 2.21. The average molecular weight is 319 g/mol. The Morgan fingerprint density at radius 1 is 1.19 bits per heavy atom. The maximum Gasteiger partial charge on any atom is 0.224 e. The molecule has 6 nitrogen and oxygen atoms in total. The summed E-state index contributed by atoms with van der Waals surface area (Å²) in [5, 5.41) is 0. The van der Waals surface area contributed by atoms with Crippen molar-refractivity contribution in [2.75, 3.05) is 31.9 Å². The summed E-state index contributed by atoms with van der Waals surface area (Å²) in [4.78, 5) is 13.9. The van der Waals surface area contributed by atoms with Gasteiger partial charge in [0.1, 0.15) is 0 Å². The highest BCUT2D eigenvalue weighted by atomic mass is 32.2. The molecule has 1 aliphatic heterocycles. The summed E-state index contributed by atoms with van der Waals surface area (Å²) in [5.41, 5.74) is 5.93. The van der Waals surface area contributed by atoms with Crippen molar-refractivity contribution in [3.05, 3.63) is 0 Å². The number of nitrogens with two attached hydrogens (primary N) is 1. The summed E-state index contributed by atoms with van der Waals surface area (Å²) >= 11 is 0. The van der Waals surface area contributed by atoms with Crippen LogP contribution in [0.1, 0.15) is 40.5 Å². The third-order valence-electron chi connectivity index (χ3n) is 3.95. The number of carbonyl (C=O) groups is 1. The zero-order valence-corrected chi connectivity index (χ0v) is 14.4. The number of nitrogens with zero attached hydrogens (tertiary/aromatic N) is 2. The van der Waals surface area contributed by atoms with Gasteiger partial charge in [-0.3, -0.25) is 4.79 Å². The molecule has 0 aromatic carbocycles. The van der Waals surface area contributed by atoms with Crippen LogP contribution < -0.4 is 5.73 Å². The van der Waals surface area contributed by atoms with Crippen LogP contribution in [0.5, 0.6) is 0 Å². The van der Waals surface area contributed by atoms with Gasteiger partial charge in [0.15, 0.2) is 0 Å². The number of carbonyl (C=O) groups excluding carboxylic acids is 1. The molecule has 1 amide bonds. The first-order valence-corrected chi connectivity index (χ1v) is 9.20. The maximum absolute atomic E-state index is 12.2. The van der Waals surface area contributed by atoms with Crippen LogP contribution in [-0.2, 0) is 14.8 Å². The molecule has 1 rings (SSSR count). The number of piperazine rings is 1. The minimum atomic E-state index is -3.16. The van der Waals surface area contributed by atoms with Gasteiger partial charge >= 0.3 is 0 Å². The lowest BCUT2D eigenvalue weighted by molar-refractivity contribution is -0.133. The van der Waals surface area contributed by atoms with Crippen LogP contribution in [0, 0.1) is 5.41 Å². The number of hydrogen-bond donors (Lipinski definition) is 1. The molecular formula is C14H29N3O3S. The largest absolute Gasteiger partial charge is 0.340 e. The van der Waals surface area contributed by atoms with Crippen LogP contribution in [0.4, 0.5) is 0 Å². The average Bonchev–Trinajstić information content (AvgIpc) is 2.37. The zero-order valence-electron chi connectivity index (χ0n) is 13.6. The Hall–Kier alpha value is -0.660. The monoisotopic (exact) mass is 319 g/mol.